The molecule has 6 heteroatoms. The average Bonchev–Trinajstić information content (AvgIpc) is 2.52. The highest BCUT2D eigenvalue weighted by Gasteiger charge is 2.08. The maximum atomic E-state index is 10.8. The number of hydrogen-bond donors (Lipinski definition) is 1. The van der Waals surface area contributed by atoms with Crippen molar-refractivity contribution in [1.82, 2.24) is 15.0 Å². The molecule has 0 bridgehead atoms. The van der Waals surface area contributed by atoms with Gasteiger partial charge in [-0.15, -0.1) is 5.10 Å². The maximum absolute atomic E-state index is 10.8. The Morgan fingerprint density at radius 3 is 3.00 bits per heavy atom. The molecular weight excluding hydrogens is 174 g/mol. The minimum Gasteiger partial charge on any atom is -0.468 e. The lowest BCUT2D eigenvalue weighted by Gasteiger charge is -1.97. The van der Waals surface area contributed by atoms with Crippen LogP contribution < -0.4 is 0 Å². The summed E-state index contributed by atoms with van der Waals surface area (Å²) < 4.78 is 5.75. The van der Waals surface area contributed by atoms with Gasteiger partial charge in [0.1, 0.15) is 12.2 Å². The second kappa shape index (κ2) is 3.99. The number of ether oxygens (including phenoxy) is 1. The number of methoxy groups -OCH3 is 1. The predicted octanol–water partition coefficient (Wildman–Crippen LogP) is -0.496. The molecule has 1 atom stereocenters. The van der Waals surface area contributed by atoms with Crippen LogP contribution in [0.3, 0.4) is 0 Å². The number of hydrogen-bond acceptors (Lipinski definition) is 5. The molecule has 1 heterocycles. The van der Waals surface area contributed by atoms with E-state index in [1.165, 1.54) is 18.0 Å². The summed E-state index contributed by atoms with van der Waals surface area (Å²) >= 11 is 0. The summed E-state index contributed by atoms with van der Waals surface area (Å²) in [5.74, 6) is -0.401. The lowest BCUT2D eigenvalue weighted by molar-refractivity contribution is -0.141. The van der Waals surface area contributed by atoms with Crippen LogP contribution in [0.2, 0.25) is 0 Å². The zero-order valence-electron chi connectivity index (χ0n) is 7.47. The van der Waals surface area contributed by atoms with Gasteiger partial charge in [-0.05, 0) is 6.92 Å². The summed E-state index contributed by atoms with van der Waals surface area (Å²) in [6.07, 6.45) is 0.827. The molecule has 0 fully saturated rings. The van der Waals surface area contributed by atoms with Gasteiger partial charge < -0.3 is 9.84 Å². The van der Waals surface area contributed by atoms with Crippen molar-refractivity contribution in [3.8, 4) is 0 Å². The number of aromatic nitrogens is 3. The molecule has 0 aliphatic heterocycles. The Bertz CT molecular complexity index is 295. The number of aliphatic hydroxyl groups excluding tert-OH is 1. The van der Waals surface area contributed by atoms with Crippen LogP contribution in [0.4, 0.5) is 0 Å². The van der Waals surface area contributed by atoms with Crippen LogP contribution in [-0.2, 0) is 16.1 Å². The summed E-state index contributed by atoms with van der Waals surface area (Å²) in [6.45, 7) is 1.59. The smallest absolute Gasteiger partial charge is 0.327 e. The molecule has 1 rings (SSSR count). The molecule has 0 saturated heterocycles. The van der Waals surface area contributed by atoms with Crippen molar-refractivity contribution in [2.45, 2.75) is 19.6 Å². The fourth-order valence-corrected chi connectivity index (χ4v) is 0.779. The molecule has 6 nitrogen and oxygen atoms in total. The summed E-state index contributed by atoms with van der Waals surface area (Å²) in [6, 6.07) is 0. The fraction of sp³-hybridized carbons (Fsp3) is 0.571. The Morgan fingerprint density at radius 2 is 2.54 bits per heavy atom. The molecule has 0 saturated carbocycles. The van der Waals surface area contributed by atoms with Gasteiger partial charge in [0.05, 0.1) is 19.4 Å². The van der Waals surface area contributed by atoms with E-state index in [0.29, 0.717) is 5.69 Å². The highest BCUT2D eigenvalue weighted by atomic mass is 16.5. The lowest BCUT2D eigenvalue weighted by atomic mass is 10.3. The molecule has 1 aromatic rings. The Hall–Kier alpha value is -1.43. The van der Waals surface area contributed by atoms with Crippen LogP contribution >= 0.6 is 0 Å². The Kier molecular flexibility index (Phi) is 2.97. The third-order valence-electron chi connectivity index (χ3n) is 1.50. The summed E-state index contributed by atoms with van der Waals surface area (Å²) in [5, 5.41) is 16.4. The first-order valence-electron chi connectivity index (χ1n) is 3.78. The minimum absolute atomic E-state index is 0.0101. The second-order valence-electron chi connectivity index (χ2n) is 2.59. The van der Waals surface area contributed by atoms with Crippen molar-refractivity contribution in [3.05, 3.63) is 11.9 Å². The average molecular weight is 185 g/mol. The number of rotatable bonds is 3. The zero-order valence-corrected chi connectivity index (χ0v) is 7.47. The van der Waals surface area contributed by atoms with Crippen molar-refractivity contribution in [2.24, 2.45) is 0 Å². The molecule has 0 unspecified atom stereocenters. The van der Waals surface area contributed by atoms with Gasteiger partial charge in [-0.3, -0.25) is 4.79 Å². The summed E-state index contributed by atoms with van der Waals surface area (Å²) in [4.78, 5) is 10.8. The van der Waals surface area contributed by atoms with Crippen LogP contribution in [0, 0.1) is 0 Å². The van der Waals surface area contributed by atoms with E-state index in [4.69, 9.17) is 5.11 Å². The van der Waals surface area contributed by atoms with E-state index in [1.807, 2.05) is 0 Å². The third-order valence-corrected chi connectivity index (χ3v) is 1.50. The standard InChI is InChI=1S/C7H11N3O3/c1-5(11)6-3-10(9-8-6)4-7(12)13-2/h3,5,11H,4H2,1-2H3/t5-/m1/s1. The number of nitrogens with zero attached hydrogens (tertiary/aromatic N) is 3. The highest BCUT2D eigenvalue weighted by molar-refractivity contribution is 5.68. The third kappa shape index (κ3) is 2.51. The number of carbonyl (C=O) groups is 1. The van der Waals surface area contributed by atoms with Crippen molar-refractivity contribution in [3.63, 3.8) is 0 Å². The van der Waals surface area contributed by atoms with Crippen LogP contribution in [0.15, 0.2) is 6.20 Å². The van der Waals surface area contributed by atoms with Crippen LogP contribution in [0.5, 0.6) is 0 Å². The Labute approximate surface area is 75.1 Å². The van der Waals surface area contributed by atoms with Crippen molar-refractivity contribution < 1.29 is 14.6 Å². The zero-order chi connectivity index (χ0) is 9.84. The second-order valence-corrected chi connectivity index (χ2v) is 2.59. The van der Waals surface area contributed by atoms with E-state index in [2.05, 4.69) is 15.0 Å². The predicted molar refractivity (Wildman–Crippen MR) is 42.7 cm³/mol. The Balaban J connectivity index is 2.64. The molecule has 0 radical (unpaired) electrons. The molecular formula is C7H11N3O3. The molecule has 1 N–H and O–H groups in total. The molecule has 1 aromatic heterocycles. The number of carbonyl (C=O) groups excluding carboxylic acids is 1. The first-order chi connectivity index (χ1) is 6.13. The van der Waals surface area contributed by atoms with E-state index < -0.39 is 12.1 Å². The van der Waals surface area contributed by atoms with E-state index in [9.17, 15) is 4.79 Å². The van der Waals surface area contributed by atoms with Crippen LogP contribution in [0.25, 0.3) is 0 Å². The van der Waals surface area contributed by atoms with Crippen LogP contribution in [0.1, 0.15) is 18.7 Å². The molecule has 72 valence electrons. The van der Waals surface area contributed by atoms with Crippen LogP contribution in [-0.4, -0.2) is 33.2 Å². The highest BCUT2D eigenvalue weighted by Crippen LogP contribution is 2.05. The van der Waals surface area contributed by atoms with E-state index in [1.54, 1.807) is 6.92 Å². The maximum Gasteiger partial charge on any atom is 0.327 e. The van der Waals surface area contributed by atoms with Gasteiger partial charge >= 0.3 is 5.97 Å². The molecule has 0 aromatic carbocycles. The number of esters is 1. The molecule has 0 aliphatic carbocycles. The quantitative estimate of drug-likeness (QED) is 0.642. The molecule has 13 heavy (non-hydrogen) atoms. The van der Waals surface area contributed by atoms with Gasteiger partial charge in [0, 0.05) is 0 Å². The summed E-state index contributed by atoms with van der Waals surface area (Å²) in [5.41, 5.74) is 0.434. The van der Waals surface area contributed by atoms with E-state index in [0.717, 1.165) is 0 Å². The van der Waals surface area contributed by atoms with Gasteiger partial charge in [0.2, 0.25) is 0 Å². The van der Waals surface area contributed by atoms with Crippen molar-refractivity contribution in [1.29, 1.82) is 0 Å². The van der Waals surface area contributed by atoms with E-state index >= 15 is 0 Å². The Morgan fingerprint density at radius 1 is 1.85 bits per heavy atom. The number of aliphatic hydroxyl groups is 1. The van der Waals surface area contributed by atoms with Gasteiger partial charge in [-0.25, -0.2) is 4.68 Å². The lowest BCUT2D eigenvalue weighted by Crippen LogP contribution is -2.11. The monoisotopic (exact) mass is 185 g/mol. The van der Waals surface area contributed by atoms with Crippen molar-refractivity contribution in [2.75, 3.05) is 7.11 Å². The first kappa shape index (κ1) is 9.66. The van der Waals surface area contributed by atoms with Gasteiger partial charge in [0.15, 0.2) is 0 Å². The molecule has 0 spiro atoms. The first-order valence-corrected chi connectivity index (χ1v) is 3.78. The summed E-state index contributed by atoms with van der Waals surface area (Å²) in [7, 11) is 1.30. The fourth-order valence-electron chi connectivity index (χ4n) is 0.779. The van der Waals surface area contributed by atoms with Gasteiger partial charge in [-0.2, -0.15) is 0 Å². The van der Waals surface area contributed by atoms with Crippen molar-refractivity contribution >= 4 is 5.97 Å². The topological polar surface area (TPSA) is 77.2 Å². The van der Waals surface area contributed by atoms with E-state index in [-0.39, 0.29) is 6.54 Å². The molecule has 0 aliphatic rings. The molecule has 0 amide bonds. The SMILES string of the molecule is COC(=O)Cn1cc([C@@H](C)O)nn1. The normalized spacial score (nSPS) is 12.5. The van der Waals surface area contributed by atoms with Gasteiger partial charge in [0.25, 0.3) is 0 Å². The largest absolute Gasteiger partial charge is 0.468 e. The van der Waals surface area contributed by atoms with Gasteiger partial charge in [-0.1, -0.05) is 5.21 Å². The minimum atomic E-state index is -0.675.